The molecule has 0 fully saturated rings. The molecule has 1 atom stereocenters. The first kappa shape index (κ1) is 18.5. The third-order valence-corrected chi connectivity index (χ3v) is 9.81. The van der Waals surface area contributed by atoms with Crippen molar-refractivity contribution < 1.29 is 4.74 Å². The summed E-state index contributed by atoms with van der Waals surface area (Å²) in [6.07, 6.45) is 0. The van der Waals surface area contributed by atoms with Gasteiger partial charge in [0.2, 0.25) is 0 Å². The molecule has 0 amide bonds. The van der Waals surface area contributed by atoms with E-state index in [2.05, 4.69) is 106 Å². The van der Waals surface area contributed by atoms with E-state index < -0.39 is 8.07 Å². The van der Waals surface area contributed by atoms with Crippen LogP contribution in [0.3, 0.4) is 0 Å². The third-order valence-electron chi connectivity index (χ3n) is 5.35. The van der Waals surface area contributed by atoms with E-state index >= 15 is 0 Å². The molecule has 2 heteroatoms. The van der Waals surface area contributed by atoms with Gasteiger partial charge < -0.3 is 4.74 Å². The fourth-order valence-corrected chi connectivity index (χ4v) is 7.03. The number of benzene rings is 3. The van der Waals surface area contributed by atoms with E-state index in [1.165, 1.54) is 21.1 Å². The van der Waals surface area contributed by atoms with Crippen LogP contribution in [0.1, 0.15) is 26.3 Å². The van der Waals surface area contributed by atoms with Crippen LogP contribution in [0.15, 0.2) is 78.9 Å². The highest BCUT2D eigenvalue weighted by Crippen LogP contribution is 2.21. The highest BCUT2D eigenvalue weighted by atomic mass is 28.3. The van der Waals surface area contributed by atoms with Crippen molar-refractivity contribution in [1.29, 1.82) is 0 Å². The first-order chi connectivity index (χ1) is 12.4. The van der Waals surface area contributed by atoms with Crippen LogP contribution in [0.25, 0.3) is 0 Å². The number of rotatable bonds is 4. The first-order valence-corrected chi connectivity index (χ1v) is 11.7. The van der Waals surface area contributed by atoms with Crippen LogP contribution >= 0.6 is 0 Å². The summed E-state index contributed by atoms with van der Waals surface area (Å²) >= 11 is 0. The molecule has 0 saturated heterocycles. The van der Waals surface area contributed by atoms with Gasteiger partial charge in [-0.2, -0.15) is 0 Å². The van der Waals surface area contributed by atoms with Crippen LogP contribution < -0.4 is 20.3 Å². The summed E-state index contributed by atoms with van der Waals surface area (Å²) in [6, 6.07) is 28.8. The average Bonchev–Trinajstić information content (AvgIpc) is 2.67. The van der Waals surface area contributed by atoms with E-state index in [1.54, 1.807) is 7.11 Å². The Bertz CT molecular complexity index is 845. The minimum Gasteiger partial charge on any atom is -0.497 e. The molecule has 1 nitrogen and oxygen atoms in total. The molecule has 0 spiro atoms. The van der Waals surface area contributed by atoms with E-state index in [9.17, 15) is 0 Å². The molecule has 0 aliphatic heterocycles. The third kappa shape index (κ3) is 3.47. The molecule has 0 aromatic heterocycles. The normalized spacial score (nSPS) is 13.9. The second kappa shape index (κ2) is 7.12. The summed E-state index contributed by atoms with van der Waals surface area (Å²) in [6.45, 7) is 9.23. The highest BCUT2D eigenvalue weighted by Gasteiger charge is 2.34. The lowest BCUT2D eigenvalue weighted by Gasteiger charge is -2.30. The summed E-state index contributed by atoms with van der Waals surface area (Å²) in [7, 11) is -0.335. The van der Waals surface area contributed by atoms with E-state index in [-0.39, 0.29) is 5.41 Å². The average molecular weight is 361 g/mol. The lowest BCUT2D eigenvalue weighted by atomic mass is 9.87. The maximum atomic E-state index is 5.36. The van der Waals surface area contributed by atoms with Gasteiger partial charge in [-0.15, -0.1) is 0 Å². The molecule has 1 unspecified atom stereocenters. The molecule has 0 radical (unpaired) electrons. The zero-order valence-corrected chi connectivity index (χ0v) is 17.4. The van der Waals surface area contributed by atoms with Crippen molar-refractivity contribution in [2.24, 2.45) is 0 Å². The molecule has 3 aromatic carbocycles. The standard InChI is InChI=1S/C24H28OSi/c1-24(2,3)19-11-15-22(16-12-19)26(5,21-9-7-6-8-10-21)23-17-13-20(25-4)14-18-23/h6-18H,1-5H3. The number of ether oxygens (including phenoxy) is 1. The minimum absolute atomic E-state index is 0.170. The van der Waals surface area contributed by atoms with Crippen LogP contribution in [0.4, 0.5) is 0 Å². The second-order valence-corrected chi connectivity index (χ2v) is 12.0. The molecule has 0 aliphatic rings. The molecular weight excluding hydrogens is 332 g/mol. The molecule has 0 saturated carbocycles. The number of methoxy groups -OCH3 is 1. The maximum absolute atomic E-state index is 5.36. The molecule has 3 rings (SSSR count). The van der Waals surface area contributed by atoms with Crippen molar-refractivity contribution in [3.63, 3.8) is 0 Å². The minimum atomic E-state index is -2.05. The fraction of sp³-hybridized carbons (Fsp3) is 0.250. The second-order valence-electron chi connectivity index (χ2n) is 8.05. The summed E-state index contributed by atoms with van der Waals surface area (Å²) in [5, 5.41) is 4.25. The SMILES string of the molecule is COc1ccc([Si](C)(c2ccccc2)c2ccc(C(C)(C)C)cc2)cc1. The lowest BCUT2D eigenvalue weighted by Crippen LogP contribution is -2.64. The molecule has 26 heavy (non-hydrogen) atoms. The Hall–Kier alpha value is -2.32. The van der Waals surface area contributed by atoms with E-state index in [0.717, 1.165) is 5.75 Å². The molecule has 3 aromatic rings. The quantitative estimate of drug-likeness (QED) is 0.503. The fourth-order valence-electron chi connectivity index (χ4n) is 3.50. The van der Waals surface area contributed by atoms with Crippen molar-refractivity contribution in [1.82, 2.24) is 0 Å². The van der Waals surface area contributed by atoms with E-state index in [4.69, 9.17) is 4.74 Å². The zero-order valence-electron chi connectivity index (χ0n) is 16.4. The molecule has 134 valence electrons. The van der Waals surface area contributed by atoms with Gasteiger partial charge in [0.05, 0.1) is 7.11 Å². The van der Waals surface area contributed by atoms with Crippen LogP contribution in [0.5, 0.6) is 5.75 Å². The Morgan fingerprint density at radius 3 is 1.58 bits per heavy atom. The number of hydrogen-bond donors (Lipinski definition) is 0. The predicted octanol–water partition coefficient (Wildman–Crippen LogP) is 4.09. The van der Waals surface area contributed by atoms with Crippen molar-refractivity contribution in [2.45, 2.75) is 32.7 Å². The first-order valence-electron chi connectivity index (χ1n) is 9.17. The monoisotopic (exact) mass is 360 g/mol. The van der Waals surface area contributed by atoms with Gasteiger partial charge in [-0.25, -0.2) is 0 Å². The smallest absolute Gasteiger partial charge is 0.145 e. The predicted molar refractivity (Wildman–Crippen MR) is 115 cm³/mol. The van der Waals surface area contributed by atoms with Gasteiger partial charge in [0.1, 0.15) is 13.8 Å². The summed E-state index contributed by atoms with van der Waals surface area (Å²) in [5.74, 6) is 0.904. The summed E-state index contributed by atoms with van der Waals surface area (Å²) < 4.78 is 5.36. The Morgan fingerprint density at radius 1 is 0.654 bits per heavy atom. The Morgan fingerprint density at radius 2 is 1.12 bits per heavy atom. The van der Waals surface area contributed by atoms with Gasteiger partial charge in [0.25, 0.3) is 0 Å². The van der Waals surface area contributed by atoms with Crippen molar-refractivity contribution >= 4 is 23.6 Å². The summed E-state index contributed by atoms with van der Waals surface area (Å²) in [5.41, 5.74) is 1.55. The highest BCUT2D eigenvalue weighted by molar-refractivity contribution is 7.10. The van der Waals surface area contributed by atoms with Crippen LogP contribution in [-0.2, 0) is 5.41 Å². The van der Waals surface area contributed by atoms with Crippen LogP contribution in [0.2, 0.25) is 6.55 Å². The van der Waals surface area contributed by atoms with E-state index in [0.29, 0.717) is 0 Å². The zero-order chi connectivity index (χ0) is 18.8. The van der Waals surface area contributed by atoms with Gasteiger partial charge in [0.15, 0.2) is 0 Å². The van der Waals surface area contributed by atoms with Crippen LogP contribution in [-0.4, -0.2) is 15.2 Å². The van der Waals surface area contributed by atoms with Gasteiger partial charge in [-0.05, 0) is 38.7 Å². The van der Waals surface area contributed by atoms with Crippen molar-refractivity contribution in [3.8, 4) is 5.75 Å². The molecular formula is C24H28OSi. The maximum Gasteiger partial charge on any atom is 0.145 e. The van der Waals surface area contributed by atoms with Crippen molar-refractivity contribution in [2.75, 3.05) is 7.11 Å². The number of hydrogen-bond acceptors (Lipinski definition) is 1. The molecule has 0 heterocycles. The molecule has 0 aliphatic carbocycles. The van der Waals surface area contributed by atoms with Gasteiger partial charge in [-0.3, -0.25) is 0 Å². The summed E-state index contributed by atoms with van der Waals surface area (Å²) in [4.78, 5) is 0. The van der Waals surface area contributed by atoms with E-state index in [1.807, 2.05) is 0 Å². The Labute approximate surface area is 158 Å². The Kier molecular flexibility index (Phi) is 5.06. The Balaban J connectivity index is 2.15. The topological polar surface area (TPSA) is 9.23 Å². The van der Waals surface area contributed by atoms with Crippen molar-refractivity contribution in [3.05, 3.63) is 84.4 Å². The van der Waals surface area contributed by atoms with Gasteiger partial charge >= 0.3 is 0 Å². The van der Waals surface area contributed by atoms with Crippen LogP contribution in [0, 0.1) is 0 Å². The largest absolute Gasteiger partial charge is 0.497 e. The molecule has 0 N–H and O–H groups in total. The van der Waals surface area contributed by atoms with Gasteiger partial charge in [-0.1, -0.05) is 94.0 Å². The van der Waals surface area contributed by atoms with Gasteiger partial charge in [0, 0.05) is 0 Å². The molecule has 0 bridgehead atoms. The lowest BCUT2D eigenvalue weighted by molar-refractivity contribution is 0.415.